The van der Waals surface area contributed by atoms with Crippen molar-refractivity contribution in [2.75, 3.05) is 33.2 Å². The van der Waals surface area contributed by atoms with Crippen molar-refractivity contribution in [3.8, 4) is 0 Å². The monoisotopic (exact) mass is 267 g/mol. The van der Waals surface area contributed by atoms with Gasteiger partial charge >= 0.3 is 0 Å². The first-order valence-corrected chi connectivity index (χ1v) is 8.40. The van der Waals surface area contributed by atoms with Gasteiger partial charge in [-0.1, -0.05) is 19.8 Å². The van der Waals surface area contributed by atoms with Crippen LogP contribution >= 0.6 is 0 Å². The van der Waals surface area contributed by atoms with Gasteiger partial charge in [0.2, 0.25) is 0 Å². The quantitative estimate of drug-likeness (QED) is 0.843. The van der Waals surface area contributed by atoms with Gasteiger partial charge in [-0.25, -0.2) is 0 Å². The maximum Gasteiger partial charge on any atom is 0.0252 e. The molecule has 1 saturated carbocycles. The predicted molar refractivity (Wildman–Crippen MR) is 82.6 cm³/mol. The molecule has 0 amide bonds. The molecule has 3 unspecified atom stereocenters. The standard InChI is InChI=1S/C16H33N3/c1-4-10-17-15-8-5-6-9-16(15)19-12-7-11-18(3)13-14(19)2/h14-17H,4-13H2,1-3H3. The van der Waals surface area contributed by atoms with E-state index in [-0.39, 0.29) is 0 Å². The molecule has 3 atom stereocenters. The van der Waals surface area contributed by atoms with E-state index in [1.165, 1.54) is 64.7 Å². The first-order valence-electron chi connectivity index (χ1n) is 8.40. The number of nitrogens with zero attached hydrogens (tertiary/aromatic N) is 2. The molecule has 112 valence electrons. The number of hydrogen-bond acceptors (Lipinski definition) is 3. The molecule has 0 aromatic rings. The average Bonchev–Trinajstić information content (AvgIpc) is 2.57. The second kappa shape index (κ2) is 7.61. The van der Waals surface area contributed by atoms with E-state index in [4.69, 9.17) is 0 Å². The smallest absolute Gasteiger partial charge is 0.0252 e. The van der Waals surface area contributed by atoms with Crippen LogP contribution in [0.25, 0.3) is 0 Å². The summed E-state index contributed by atoms with van der Waals surface area (Å²) in [5.74, 6) is 0. The third kappa shape index (κ3) is 4.17. The minimum Gasteiger partial charge on any atom is -0.312 e. The van der Waals surface area contributed by atoms with Crippen LogP contribution in [0.1, 0.15) is 52.4 Å². The largest absolute Gasteiger partial charge is 0.312 e. The van der Waals surface area contributed by atoms with Gasteiger partial charge in [-0.3, -0.25) is 4.90 Å². The molecule has 1 saturated heterocycles. The zero-order valence-electron chi connectivity index (χ0n) is 13.2. The molecular formula is C16H33N3. The highest BCUT2D eigenvalue weighted by atomic mass is 15.3. The fourth-order valence-corrected chi connectivity index (χ4v) is 3.96. The van der Waals surface area contributed by atoms with E-state index < -0.39 is 0 Å². The molecule has 1 N–H and O–H groups in total. The molecule has 3 heteroatoms. The Morgan fingerprint density at radius 1 is 1.11 bits per heavy atom. The summed E-state index contributed by atoms with van der Waals surface area (Å²) in [5, 5.41) is 3.82. The van der Waals surface area contributed by atoms with E-state index in [9.17, 15) is 0 Å². The molecule has 3 nitrogen and oxygen atoms in total. The fourth-order valence-electron chi connectivity index (χ4n) is 3.96. The first-order chi connectivity index (χ1) is 9.22. The van der Waals surface area contributed by atoms with Gasteiger partial charge in [0.15, 0.2) is 0 Å². The summed E-state index contributed by atoms with van der Waals surface area (Å²) in [6.07, 6.45) is 8.20. The van der Waals surface area contributed by atoms with Crippen LogP contribution in [-0.2, 0) is 0 Å². The molecule has 0 bridgehead atoms. The van der Waals surface area contributed by atoms with Crippen molar-refractivity contribution in [2.45, 2.75) is 70.5 Å². The minimum atomic E-state index is 0.710. The van der Waals surface area contributed by atoms with Gasteiger partial charge < -0.3 is 10.2 Å². The first kappa shape index (κ1) is 15.3. The summed E-state index contributed by atoms with van der Waals surface area (Å²) in [4.78, 5) is 5.32. The average molecular weight is 267 g/mol. The number of likely N-dealkylation sites (N-methyl/N-ethyl adjacent to an activating group) is 1. The molecule has 1 heterocycles. The maximum absolute atomic E-state index is 3.82. The summed E-state index contributed by atoms with van der Waals surface area (Å²) in [7, 11) is 2.27. The Morgan fingerprint density at radius 3 is 2.68 bits per heavy atom. The normalized spacial score (nSPS) is 35.2. The number of rotatable bonds is 4. The second-order valence-corrected chi connectivity index (χ2v) is 6.62. The highest BCUT2D eigenvalue weighted by Crippen LogP contribution is 2.26. The zero-order chi connectivity index (χ0) is 13.7. The molecule has 0 spiro atoms. The van der Waals surface area contributed by atoms with Crippen molar-refractivity contribution in [2.24, 2.45) is 0 Å². The summed E-state index contributed by atoms with van der Waals surface area (Å²) in [5.41, 5.74) is 0. The van der Waals surface area contributed by atoms with Crippen molar-refractivity contribution in [1.82, 2.24) is 15.1 Å². The Hall–Kier alpha value is -0.120. The Labute approximate surface area is 119 Å². The topological polar surface area (TPSA) is 18.5 Å². The van der Waals surface area contributed by atoms with E-state index >= 15 is 0 Å². The molecule has 2 rings (SSSR count). The lowest BCUT2D eigenvalue weighted by Crippen LogP contribution is -2.55. The van der Waals surface area contributed by atoms with E-state index in [0.717, 1.165) is 12.1 Å². The molecule has 2 fully saturated rings. The van der Waals surface area contributed by atoms with Gasteiger partial charge in [0.1, 0.15) is 0 Å². The van der Waals surface area contributed by atoms with Crippen LogP contribution in [0.2, 0.25) is 0 Å². The third-order valence-electron chi connectivity index (χ3n) is 4.91. The van der Waals surface area contributed by atoms with Gasteiger partial charge in [-0.15, -0.1) is 0 Å². The number of nitrogens with one attached hydrogen (secondary N) is 1. The SMILES string of the molecule is CCCNC1CCCCC1N1CCCN(C)CC1C. The highest BCUT2D eigenvalue weighted by molar-refractivity contribution is 4.91. The second-order valence-electron chi connectivity index (χ2n) is 6.62. The summed E-state index contributed by atoms with van der Waals surface area (Å²) < 4.78 is 0. The van der Waals surface area contributed by atoms with Gasteiger partial charge in [-0.05, 0) is 52.7 Å². The molecule has 2 aliphatic rings. The van der Waals surface area contributed by atoms with Crippen LogP contribution in [0.15, 0.2) is 0 Å². The van der Waals surface area contributed by atoms with Crippen LogP contribution in [0.5, 0.6) is 0 Å². The van der Waals surface area contributed by atoms with Gasteiger partial charge in [0.25, 0.3) is 0 Å². The lowest BCUT2D eigenvalue weighted by atomic mass is 9.88. The third-order valence-corrected chi connectivity index (χ3v) is 4.91. The minimum absolute atomic E-state index is 0.710. The summed E-state index contributed by atoms with van der Waals surface area (Å²) >= 11 is 0. The van der Waals surface area contributed by atoms with Crippen molar-refractivity contribution in [1.29, 1.82) is 0 Å². The molecular weight excluding hydrogens is 234 g/mol. The predicted octanol–water partition coefficient (Wildman–Crippen LogP) is 2.32. The van der Waals surface area contributed by atoms with Gasteiger partial charge in [-0.2, -0.15) is 0 Å². The lowest BCUT2D eigenvalue weighted by Gasteiger charge is -2.43. The van der Waals surface area contributed by atoms with Crippen LogP contribution < -0.4 is 5.32 Å². The van der Waals surface area contributed by atoms with E-state index in [1.54, 1.807) is 0 Å². The molecule has 0 radical (unpaired) electrons. The molecule has 1 aliphatic heterocycles. The Balaban J connectivity index is 1.99. The van der Waals surface area contributed by atoms with Crippen molar-refractivity contribution in [3.63, 3.8) is 0 Å². The fraction of sp³-hybridized carbons (Fsp3) is 1.00. The van der Waals surface area contributed by atoms with Crippen molar-refractivity contribution in [3.05, 3.63) is 0 Å². The Bertz CT molecular complexity index is 256. The Morgan fingerprint density at radius 2 is 1.89 bits per heavy atom. The van der Waals surface area contributed by atoms with Crippen LogP contribution in [-0.4, -0.2) is 61.2 Å². The molecule has 19 heavy (non-hydrogen) atoms. The van der Waals surface area contributed by atoms with Crippen LogP contribution in [0.3, 0.4) is 0 Å². The highest BCUT2D eigenvalue weighted by Gasteiger charge is 2.33. The molecule has 0 aromatic carbocycles. The number of hydrogen-bond donors (Lipinski definition) is 1. The van der Waals surface area contributed by atoms with E-state index in [0.29, 0.717) is 6.04 Å². The molecule has 1 aliphatic carbocycles. The summed E-state index contributed by atoms with van der Waals surface area (Å²) in [6, 6.07) is 2.22. The Kier molecular flexibility index (Phi) is 6.11. The van der Waals surface area contributed by atoms with E-state index in [1.807, 2.05) is 0 Å². The summed E-state index contributed by atoms with van der Waals surface area (Å²) in [6.45, 7) is 9.67. The van der Waals surface area contributed by atoms with Crippen LogP contribution in [0, 0.1) is 0 Å². The lowest BCUT2D eigenvalue weighted by molar-refractivity contribution is 0.0866. The van der Waals surface area contributed by atoms with Crippen molar-refractivity contribution < 1.29 is 0 Å². The van der Waals surface area contributed by atoms with Gasteiger partial charge in [0.05, 0.1) is 0 Å². The zero-order valence-corrected chi connectivity index (χ0v) is 13.2. The van der Waals surface area contributed by atoms with Gasteiger partial charge in [0, 0.05) is 31.2 Å². The molecule has 0 aromatic heterocycles. The maximum atomic E-state index is 3.82. The van der Waals surface area contributed by atoms with Crippen LogP contribution in [0.4, 0.5) is 0 Å². The van der Waals surface area contributed by atoms with Crippen molar-refractivity contribution >= 4 is 0 Å². The van der Waals surface area contributed by atoms with E-state index in [2.05, 4.69) is 36.0 Å².